The summed E-state index contributed by atoms with van der Waals surface area (Å²) in [7, 11) is 1.71. The van der Waals surface area contributed by atoms with Crippen molar-refractivity contribution in [1.82, 2.24) is 10.6 Å². The highest BCUT2D eigenvalue weighted by Gasteiger charge is 2.32. The monoisotopic (exact) mass is 322 g/mol. The summed E-state index contributed by atoms with van der Waals surface area (Å²) in [4.78, 5) is 12.2. The highest BCUT2D eigenvalue weighted by atomic mass is 19.1. The number of nitrogens with one attached hydrogen (secondary N) is 2. The topological polar surface area (TPSA) is 50.4 Å². The first-order valence-electron chi connectivity index (χ1n) is 8.26. The van der Waals surface area contributed by atoms with Crippen molar-refractivity contribution in [3.63, 3.8) is 0 Å². The van der Waals surface area contributed by atoms with Gasteiger partial charge in [-0.2, -0.15) is 0 Å². The van der Waals surface area contributed by atoms with Gasteiger partial charge in [-0.1, -0.05) is 19.1 Å². The van der Waals surface area contributed by atoms with E-state index in [0.29, 0.717) is 19.6 Å². The van der Waals surface area contributed by atoms with Crippen LogP contribution in [0.4, 0.5) is 4.39 Å². The van der Waals surface area contributed by atoms with E-state index in [-0.39, 0.29) is 23.1 Å². The molecule has 1 aliphatic rings. The molecule has 0 saturated carbocycles. The Kier molecular flexibility index (Phi) is 6.54. The molecule has 0 bridgehead atoms. The lowest BCUT2D eigenvalue weighted by Gasteiger charge is -2.37. The number of hydrogen-bond acceptors (Lipinski definition) is 3. The minimum Gasteiger partial charge on any atom is -0.384 e. The Morgan fingerprint density at radius 3 is 2.83 bits per heavy atom. The predicted molar refractivity (Wildman–Crippen MR) is 88.9 cm³/mol. The third-order valence-corrected chi connectivity index (χ3v) is 4.68. The van der Waals surface area contributed by atoms with Gasteiger partial charge in [-0.3, -0.25) is 4.79 Å². The normalized spacial score (nSPS) is 18.4. The third kappa shape index (κ3) is 5.29. The van der Waals surface area contributed by atoms with Crippen LogP contribution in [0.15, 0.2) is 24.3 Å². The van der Waals surface area contributed by atoms with E-state index >= 15 is 0 Å². The van der Waals surface area contributed by atoms with Crippen molar-refractivity contribution in [3.05, 3.63) is 35.6 Å². The summed E-state index contributed by atoms with van der Waals surface area (Å²) in [6.07, 6.45) is 2.37. The van der Waals surface area contributed by atoms with Crippen molar-refractivity contribution < 1.29 is 13.9 Å². The average Bonchev–Trinajstić information content (AvgIpc) is 2.54. The molecule has 0 aromatic heterocycles. The molecule has 1 heterocycles. The Labute approximate surface area is 137 Å². The van der Waals surface area contributed by atoms with Crippen molar-refractivity contribution in [2.45, 2.75) is 32.1 Å². The number of hydrogen-bond donors (Lipinski definition) is 2. The number of carbonyl (C=O) groups is 1. The van der Waals surface area contributed by atoms with E-state index < -0.39 is 0 Å². The molecule has 1 fully saturated rings. The molecule has 1 aliphatic heterocycles. The second kappa shape index (κ2) is 8.41. The van der Waals surface area contributed by atoms with E-state index in [1.807, 2.05) is 13.0 Å². The Balaban J connectivity index is 1.86. The fraction of sp³-hybridized carbons (Fsp3) is 0.611. The SMILES string of the molecule is COCC1(CNC(=O)CC(C)c2cccc(F)c2)CCNCC1. The number of amides is 1. The maximum absolute atomic E-state index is 13.3. The maximum atomic E-state index is 13.3. The summed E-state index contributed by atoms with van der Waals surface area (Å²) in [6, 6.07) is 6.46. The van der Waals surface area contributed by atoms with Gasteiger partial charge in [0.15, 0.2) is 0 Å². The molecule has 1 atom stereocenters. The molecule has 2 N–H and O–H groups in total. The van der Waals surface area contributed by atoms with Gasteiger partial charge in [0.1, 0.15) is 5.82 Å². The zero-order valence-electron chi connectivity index (χ0n) is 14.0. The molecule has 128 valence electrons. The number of halogens is 1. The molecule has 5 heteroatoms. The highest BCUT2D eigenvalue weighted by Crippen LogP contribution is 2.28. The third-order valence-electron chi connectivity index (χ3n) is 4.68. The van der Waals surface area contributed by atoms with Crippen molar-refractivity contribution in [2.24, 2.45) is 5.41 Å². The zero-order valence-corrected chi connectivity index (χ0v) is 14.0. The lowest BCUT2D eigenvalue weighted by atomic mass is 9.79. The van der Waals surface area contributed by atoms with Crippen LogP contribution in [0.2, 0.25) is 0 Å². The predicted octanol–water partition coefficient (Wildman–Crippen LogP) is 2.45. The molecule has 0 spiro atoms. The van der Waals surface area contributed by atoms with Crippen LogP contribution >= 0.6 is 0 Å². The van der Waals surface area contributed by atoms with Crippen LogP contribution in [0.5, 0.6) is 0 Å². The van der Waals surface area contributed by atoms with Gasteiger partial charge in [0, 0.05) is 25.5 Å². The van der Waals surface area contributed by atoms with Crippen LogP contribution in [0, 0.1) is 11.2 Å². The van der Waals surface area contributed by atoms with Crippen LogP contribution < -0.4 is 10.6 Å². The van der Waals surface area contributed by atoms with Crippen LogP contribution in [0.1, 0.15) is 37.7 Å². The van der Waals surface area contributed by atoms with Gasteiger partial charge in [-0.05, 0) is 49.5 Å². The minimum atomic E-state index is -0.261. The molecule has 1 amide bonds. The fourth-order valence-corrected chi connectivity index (χ4v) is 3.20. The second-order valence-electron chi connectivity index (χ2n) is 6.62. The van der Waals surface area contributed by atoms with E-state index in [9.17, 15) is 9.18 Å². The smallest absolute Gasteiger partial charge is 0.220 e. The molecule has 23 heavy (non-hydrogen) atoms. The average molecular weight is 322 g/mol. The molecule has 1 aromatic carbocycles. The summed E-state index contributed by atoms with van der Waals surface area (Å²) in [5, 5.41) is 6.39. The quantitative estimate of drug-likeness (QED) is 0.811. The first-order valence-corrected chi connectivity index (χ1v) is 8.26. The van der Waals surface area contributed by atoms with Gasteiger partial charge in [-0.15, -0.1) is 0 Å². The molecule has 0 radical (unpaired) electrons. The van der Waals surface area contributed by atoms with E-state index in [4.69, 9.17) is 4.74 Å². The van der Waals surface area contributed by atoms with E-state index in [1.165, 1.54) is 12.1 Å². The molecule has 1 saturated heterocycles. The maximum Gasteiger partial charge on any atom is 0.220 e. The number of rotatable bonds is 7. The lowest BCUT2D eigenvalue weighted by Crippen LogP contribution is -2.47. The Morgan fingerprint density at radius 1 is 1.43 bits per heavy atom. The van der Waals surface area contributed by atoms with Gasteiger partial charge < -0.3 is 15.4 Å². The molecule has 2 rings (SSSR count). The Bertz CT molecular complexity index is 510. The lowest BCUT2D eigenvalue weighted by molar-refractivity contribution is -0.122. The van der Waals surface area contributed by atoms with Crippen molar-refractivity contribution in [3.8, 4) is 0 Å². The first kappa shape index (κ1) is 17.9. The van der Waals surface area contributed by atoms with Crippen LogP contribution in [0.3, 0.4) is 0 Å². The van der Waals surface area contributed by atoms with E-state index in [1.54, 1.807) is 13.2 Å². The molecule has 0 aliphatic carbocycles. The number of piperidine rings is 1. The summed E-state index contributed by atoms with van der Waals surface area (Å²) in [5.41, 5.74) is 0.881. The standard InChI is InChI=1S/C18H27FN2O2/c1-14(15-4-3-5-16(19)11-15)10-17(22)21-12-18(13-23-2)6-8-20-9-7-18/h3-5,11,14,20H,6-10,12-13H2,1-2H3,(H,21,22). The highest BCUT2D eigenvalue weighted by molar-refractivity contribution is 5.76. The summed E-state index contributed by atoms with van der Waals surface area (Å²) < 4.78 is 18.6. The van der Waals surface area contributed by atoms with Gasteiger partial charge in [0.05, 0.1) is 6.61 Å². The molecular weight excluding hydrogens is 295 g/mol. The number of ether oxygens (including phenoxy) is 1. The second-order valence-corrected chi connectivity index (χ2v) is 6.62. The molecule has 1 aromatic rings. The Morgan fingerprint density at radius 2 is 2.17 bits per heavy atom. The summed E-state index contributed by atoms with van der Waals surface area (Å²) in [5.74, 6) is -0.253. The van der Waals surface area contributed by atoms with Crippen LogP contribution in [-0.2, 0) is 9.53 Å². The largest absolute Gasteiger partial charge is 0.384 e. The fourth-order valence-electron chi connectivity index (χ4n) is 3.20. The van der Waals surface area contributed by atoms with Crippen molar-refractivity contribution in [1.29, 1.82) is 0 Å². The van der Waals surface area contributed by atoms with Crippen molar-refractivity contribution >= 4 is 5.91 Å². The summed E-state index contributed by atoms with van der Waals surface area (Å²) in [6.45, 7) is 5.16. The number of methoxy groups -OCH3 is 1. The van der Waals surface area contributed by atoms with Crippen molar-refractivity contribution in [2.75, 3.05) is 33.4 Å². The number of benzene rings is 1. The Hall–Kier alpha value is -1.46. The summed E-state index contributed by atoms with van der Waals surface area (Å²) >= 11 is 0. The molecule has 4 nitrogen and oxygen atoms in total. The van der Waals surface area contributed by atoms with Gasteiger partial charge in [0.2, 0.25) is 5.91 Å². The molecular formula is C18H27FN2O2. The van der Waals surface area contributed by atoms with Gasteiger partial charge in [0.25, 0.3) is 0 Å². The van der Waals surface area contributed by atoms with E-state index in [0.717, 1.165) is 31.5 Å². The van der Waals surface area contributed by atoms with Crippen LogP contribution in [-0.4, -0.2) is 39.3 Å². The van der Waals surface area contributed by atoms with Crippen LogP contribution in [0.25, 0.3) is 0 Å². The first-order chi connectivity index (χ1) is 11.0. The zero-order chi connectivity index (χ0) is 16.7. The minimum absolute atomic E-state index is 0.00269. The van der Waals surface area contributed by atoms with E-state index in [2.05, 4.69) is 10.6 Å². The van der Waals surface area contributed by atoms with Gasteiger partial charge >= 0.3 is 0 Å². The van der Waals surface area contributed by atoms with Gasteiger partial charge in [-0.25, -0.2) is 4.39 Å². The molecule has 1 unspecified atom stereocenters. The number of carbonyl (C=O) groups excluding carboxylic acids is 1.